The first-order valence-electron chi connectivity index (χ1n) is 19.9. The van der Waals surface area contributed by atoms with E-state index in [0.29, 0.717) is 22.5 Å². The Hall–Kier alpha value is -5.36. The van der Waals surface area contributed by atoms with Gasteiger partial charge in [0.25, 0.3) is 0 Å². The van der Waals surface area contributed by atoms with Gasteiger partial charge in [0.15, 0.2) is 0 Å². The molecule has 55 heavy (non-hydrogen) atoms. The summed E-state index contributed by atoms with van der Waals surface area (Å²) in [6, 6.07) is 34.6. The Morgan fingerprint density at radius 2 is 0.855 bits per heavy atom. The maximum absolute atomic E-state index is 14.4. The first-order valence-corrected chi connectivity index (χ1v) is 19.9. The van der Waals surface area contributed by atoms with Gasteiger partial charge in [-0.2, -0.15) is 0 Å². The molecule has 0 fully saturated rings. The van der Waals surface area contributed by atoms with Crippen LogP contribution < -0.4 is 9.47 Å². The van der Waals surface area contributed by atoms with E-state index in [1.165, 1.54) is 12.8 Å². The molecule has 0 saturated heterocycles. The molecule has 0 spiro atoms. The molecule has 0 aliphatic heterocycles. The molecule has 6 heteroatoms. The summed E-state index contributed by atoms with van der Waals surface area (Å²) in [6.07, 6.45) is 13.0. The Balaban J connectivity index is 0.000000211. The lowest BCUT2D eigenvalue weighted by atomic mass is 10.0. The van der Waals surface area contributed by atoms with Crippen molar-refractivity contribution in [1.82, 2.24) is 9.97 Å². The van der Waals surface area contributed by atoms with Crippen LogP contribution in [0.3, 0.4) is 0 Å². The highest BCUT2D eigenvalue weighted by atomic mass is 19.1. The molecule has 0 saturated carbocycles. The number of rotatable bonds is 17. The van der Waals surface area contributed by atoms with E-state index >= 15 is 0 Å². The fourth-order valence-electron chi connectivity index (χ4n) is 6.23. The quantitative estimate of drug-likeness (QED) is 0.0874. The maximum atomic E-state index is 14.4. The second kappa shape index (κ2) is 21.5. The number of ether oxygens (including phenoxy) is 2. The fourth-order valence-corrected chi connectivity index (χ4v) is 6.23. The highest BCUT2D eigenvalue weighted by Gasteiger charge is 2.10. The number of aryl methyl sites for hydroxylation is 2. The van der Waals surface area contributed by atoms with Gasteiger partial charge in [0.1, 0.15) is 23.1 Å². The molecule has 2 aromatic heterocycles. The molecule has 4 aromatic carbocycles. The van der Waals surface area contributed by atoms with E-state index in [1.807, 2.05) is 97.1 Å². The third-order valence-corrected chi connectivity index (χ3v) is 9.38. The van der Waals surface area contributed by atoms with Gasteiger partial charge in [-0.1, -0.05) is 108 Å². The Morgan fingerprint density at radius 3 is 1.22 bits per heavy atom. The minimum Gasteiger partial charge on any atom is -0.494 e. The molecule has 2 heterocycles. The molecular formula is C49H54F2N2O2. The normalized spacial score (nSPS) is 10.8. The van der Waals surface area contributed by atoms with Gasteiger partial charge < -0.3 is 9.47 Å². The van der Waals surface area contributed by atoms with E-state index in [1.54, 1.807) is 24.5 Å². The molecule has 0 amide bonds. The molecule has 0 aliphatic carbocycles. The van der Waals surface area contributed by atoms with Gasteiger partial charge >= 0.3 is 0 Å². The van der Waals surface area contributed by atoms with Crippen molar-refractivity contribution in [2.75, 3.05) is 13.2 Å². The van der Waals surface area contributed by atoms with E-state index in [2.05, 4.69) is 37.7 Å². The van der Waals surface area contributed by atoms with Gasteiger partial charge in [-0.3, -0.25) is 9.97 Å². The number of unbranched alkanes of at least 4 members (excludes halogenated alkanes) is 3. The third-order valence-electron chi connectivity index (χ3n) is 9.38. The van der Waals surface area contributed by atoms with Crippen molar-refractivity contribution < 1.29 is 18.3 Å². The Bertz CT molecular complexity index is 2030. The lowest BCUT2D eigenvalue weighted by Crippen LogP contribution is -1.96. The highest BCUT2D eigenvalue weighted by Crippen LogP contribution is 2.28. The molecular weight excluding hydrogens is 687 g/mol. The molecule has 0 N–H and O–H groups in total. The molecule has 6 rings (SSSR count). The van der Waals surface area contributed by atoms with Gasteiger partial charge in [0, 0.05) is 34.6 Å². The van der Waals surface area contributed by atoms with Gasteiger partial charge in [-0.25, -0.2) is 8.78 Å². The zero-order valence-electron chi connectivity index (χ0n) is 32.8. The molecule has 0 bridgehead atoms. The molecule has 0 radical (unpaired) electrons. The molecule has 6 aromatic rings. The Morgan fingerprint density at radius 1 is 0.436 bits per heavy atom. The molecule has 286 valence electrons. The van der Waals surface area contributed by atoms with Crippen LogP contribution in [0.1, 0.15) is 83.8 Å². The molecule has 0 unspecified atom stereocenters. The second-order valence-corrected chi connectivity index (χ2v) is 13.8. The van der Waals surface area contributed by atoms with Crippen molar-refractivity contribution in [1.29, 1.82) is 0 Å². The van der Waals surface area contributed by atoms with Crippen LogP contribution in [-0.2, 0) is 12.8 Å². The van der Waals surface area contributed by atoms with Gasteiger partial charge in [0.05, 0.1) is 24.6 Å². The van der Waals surface area contributed by atoms with Crippen molar-refractivity contribution >= 4 is 0 Å². The molecule has 0 aliphatic rings. The second-order valence-electron chi connectivity index (χ2n) is 13.8. The predicted octanol–water partition coefficient (Wildman–Crippen LogP) is 13.8. The summed E-state index contributed by atoms with van der Waals surface area (Å²) >= 11 is 0. The monoisotopic (exact) mass is 740 g/mol. The SMILES string of the molecule is CCCCCOc1ccc(-c2ccc(-c3ccc(CCC)cc3F)nc2)cc1.CCCCOc1ccc(-c2ccc(-c3ccc(CCC)cc3F)nc2)cc1. The maximum Gasteiger partial charge on any atom is 0.132 e. The number of halogens is 2. The number of benzene rings is 4. The summed E-state index contributed by atoms with van der Waals surface area (Å²) < 4.78 is 40.3. The van der Waals surface area contributed by atoms with Crippen LogP contribution in [0.2, 0.25) is 0 Å². The average molecular weight is 741 g/mol. The summed E-state index contributed by atoms with van der Waals surface area (Å²) in [7, 11) is 0. The fraction of sp³-hybridized carbons (Fsp3) is 0.306. The van der Waals surface area contributed by atoms with E-state index in [9.17, 15) is 8.78 Å². The number of nitrogens with zero attached hydrogens (tertiary/aromatic N) is 2. The number of pyridine rings is 2. The number of hydrogen-bond acceptors (Lipinski definition) is 4. The first kappa shape index (κ1) is 40.8. The van der Waals surface area contributed by atoms with E-state index in [-0.39, 0.29) is 11.6 Å². The van der Waals surface area contributed by atoms with Crippen LogP contribution in [-0.4, -0.2) is 23.2 Å². The average Bonchev–Trinajstić information content (AvgIpc) is 3.21. The van der Waals surface area contributed by atoms with Crippen LogP contribution in [0.4, 0.5) is 8.78 Å². The minimum absolute atomic E-state index is 0.212. The molecule has 4 nitrogen and oxygen atoms in total. The van der Waals surface area contributed by atoms with Crippen molar-refractivity contribution in [3.8, 4) is 56.3 Å². The third kappa shape index (κ3) is 12.1. The van der Waals surface area contributed by atoms with Crippen LogP contribution in [0, 0.1) is 11.6 Å². The zero-order valence-corrected chi connectivity index (χ0v) is 32.8. The summed E-state index contributed by atoms with van der Waals surface area (Å²) in [5.41, 5.74) is 8.58. The number of hydrogen-bond donors (Lipinski definition) is 0. The van der Waals surface area contributed by atoms with Gasteiger partial charge in [-0.05, 0) is 109 Å². The van der Waals surface area contributed by atoms with Crippen molar-refractivity contribution in [2.24, 2.45) is 0 Å². The van der Waals surface area contributed by atoms with Crippen LogP contribution in [0.5, 0.6) is 11.5 Å². The Kier molecular flexibility index (Phi) is 16.0. The lowest BCUT2D eigenvalue weighted by Gasteiger charge is -2.08. The van der Waals surface area contributed by atoms with Crippen LogP contribution in [0.15, 0.2) is 122 Å². The first-order chi connectivity index (χ1) is 26.9. The van der Waals surface area contributed by atoms with Crippen LogP contribution >= 0.6 is 0 Å². The predicted molar refractivity (Wildman–Crippen MR) is 224 cm³/mol. The van der Waals surface area contributed by atoms with Crippen LogP contribution in [0.25, 0.3) is 44.8 Å². The topological polar surface area (TPSA) is 44.2 Å². The Labute approximate surface area is 326 Å². The molecule has 0 atom stereocenters. The van der Waals surface area contributed by atoms with E-state index in [0.717, 1.165) is 103 Å². The van der Waals surface area contributed by atoms with Crippen molar-refractivity contribution in [3.05, 3.63) is 144 Å². The smallest absolute Gasteiger partial charge is 0.132 e. The zero-order chi connectivity index (χ0) is 38.8. The summed E-state index contributed by atoms with van der Waals surface area (Å²) in [4.78, 5) is 8.96. The highest BCUT2D eigenvalue weighted by molar-refractivity contribution is 5.69. The summed E-state index contributed by atoms with van der Waals surface area (Å²) in [6.45, 7) is 10.0. The van der Waals surface area contributed by atoms with Crippen molar-refractivity contribution in [3.63, 3.8) is 0 Å². The lowest BCUT2D eigenvalue weighted by molar-refractivity contribution is 0.306. The van der Waals surface area contributed by atoms with Crippen molar-refractivity contribution in [2.45, 2.75) is 85.5 Å². The summed E-state index contributed by atoms with van der Waals surface area (Å²) in [5.74, 6) is 1.34. The van der Waals surface area contributed by atoms with Gasteiger partial charge in [0.2, 0.25) is 0 Å². The van der Waals surface area contributed by atoms with E-state index in [4.69, 9.17) is 9.47 Å². The minimum atomic E-state index is -0.213. The standard InChI is InChI=1S/C25H28FNO.C24H26FNO/c1-3-5-6-16-28-22-12-9-20(10-13-22)21-11-15-25(27-18-21)23-14-8-19(7-4-2)17-24(23)26;1-3-5-15-27-21-11-8-19(9-12-21)20-10-14-24(26-17-20)22-13-7-18(6-4-2)16-23(22)25/h8-15,17-18H,3-7,16H2,1-2H3;7-14,16-17H,3-6,15H2,1-2H3. The number of aromatic nitrogens is 2. The van der Waals surface area contributed by atoms with Gasteiger partial charge in [-0.15, -0.1) is 0 Å². The summed E-state index contributed by atoms with van der Waals surface area (Å²) in [5, 5.41) is 0. The largest absolute Gasteiger partial charge is 0.494 e. The van der Waals surface area contributed by atoms with E-state index < -0.39 is 0 Å².